The third-order valence-corrected chi connectivity index (χ3v) is 2.66. The number of aliphatic hydroxyl groups is 1. The highest BCUT2D eigenvalue weighted by Crippen LogP contribution is 2.26. The average molecular weight is 229 g/mol. The Labute approximate surface area is 102 Å². The molecule has 16 heavy (non-hydrogen) atoms. The molecule has 0 bridgehead atoms. The van der Waals surface area contributed by atoms with Crippen LogP contribution >= 0.6 is 0 Å². The lowest BCUT2D eigenvalue weighted by molar-refractivity contribution is 0.240. The first kappa shape index (κ1) is 15.9. The monoisotopic (exact) mass is 229 g/mol. The van der Waals surface area contributed by atoms with E-state index in [9.17, 15) is 0 Å². The van der Waals surface area contributed by atoms with Gasteiger partial charge in [0, 0.05) is 12.1 Å². The molecule has 0 heterocycles. The first-order valence-electron chi connectivity index (χ1n) is 6.63. The summed E-state index contributed by atoms with van der Waals surface area (Å²) in [7, 11) is 0. The second-order valence-electron chi connectivity index (χ2n) is 6.69. The average Bonchev–Trinajstić information content (AvgIpc) is 2.06. The zero-order chi connectivity index (χ0) is 12.7. The zero-order valence-corrected chi connectivity index (χ0v) is 11.9. The van der Waals surface area contributed by atoms with Crippen LogP contribution in [0.4, 0.5) is 0 Å². The third-order valence-electron chi connectivity index (χ3n) is 2.66. The van der Waals surface area contributed by atoms with Crippen molar-refractivity contribution in [1.82, 2.24) is 5.32 Å². The van der Waals surface area contributed by atoms with Gasteiger partial charge in [0.25, 0.3) is 0 Å². The van der Waals surface area contributed by atoms with Crippen LogP contribution in [0.25, 0.3) is 0 Å². The van der Waals surface area contributed by atoms with Gasteiger partial charge < -0.3 is 10.4 Å². The number of hydrogen-bond donors (Lipinski definition) is 2. The number of aliphatic hydroxyl groups excluding tert-OH is 1. The molecule has 0 radical (unpaired) electrons. The minimum atomic E-state index is 0.231. The quantitative estimate of drug-likeness (QED) is 0.626. The molecule has 0 saturated carbocycles. The van der Waals surface area contributed by atoms with Gasteiger partial charge in [0.1, 0.15) is 0 Å². The maximum absolute atomic E-state index is 8.66. The van der Waals surface area contributed by atoms with Crippen LogP contribution in [-0.2, 0) is 0 Å². The van der Waals surface area contributed by atoms with E-state index < -0.39 is 0 Å². The van der Waals surface area contributed by atoms with Crippen molar-refractivity contribution < 1.29 is 5.11 Å². The summed E-state index contributed by atoms with van der Waals surface area (Å²) >= 11 is 0. The number of unbranched alkanes of at least 4 members (excludes halogenated alkanes) is 3. The number of rotatable bonds is 8. The van der Waals surface area contributed by atoms with Crippen molar-refractivity contribution in [3.8, 4) is 0 Å². The van der Waals surface area contributed by atoms with E-state index in [1.165, 1.54) is 19.3 Å². The van der Waals surface area contributed by atoms with Crippen LogP contribution in [0.2, 0.25) is 0 Å². The Kier molecular flexibility index (Phi) is 7.25. The number of nitrogens with one attached hydrogen (secondary N) is 1. The fourth-order valence-electron chi connectivity index (χ4n) is 2.41. The summed E-state index contributed by atoms with van der Waals surface area (Å²) in [5, 5.41) is 12.3. The third kappa shape index (κ3) is 10.4. The molecular formula is C14H31NO. The SMILES string of the molecule is CC(C)(C)CC(C)(C)NCCCCCCO. The Bertz CT molecular complexity index is 170. The van der Waals surface area contributed by atoms with Crippen molar-refractivity contribution in [2.75, 3.05) is 13.2 Å². The lowest BCUT2D eigenvalue weighted by atomic mass is 9.82. The Morgan fingerprint density at radius 3 is 1.94 bits per heavy atom. The molecule has 0 atom stereocenters. The van der Waals surface area contributed by atoms with Gasteiger partial charge in [-0.1, -0.05) is 33.6 Å². The fraction of sp³-hybridized carbons (Fsp3) is 1.00. The predicted molar refractivity (Wildman–Crippen MR) is 71.7 cm³/mol. The van der Waals surface area contributed by atoms with E-state index in [-0.39, 0.29) is 5.54 Å². The normalized spacial score (nSPS) is 13.1. The van der Waals surface area contributed by atoms with E-state index in [2.05, 4.69) is 39.9 Å². The van der Waals surface area contributed by atoms with Crippen molar-refractivity contribution in [2.45, 2.75) is 72.3 Å². The van der Waals surface area contributed by atoms with Gasteiger partial charge in [-0.3, -0.25) is 0 Å². The number of hydrogen-bond acceptors (Lipinski definition) is 2. The molecule has 0 amide bonds. The summed E-state index contributed by atoms with van der Waals surface area (Å²) in [6.07, 6.45) is 5.73. The van der Waals surface area contributed by atoms with Crippen LogP contribution in [0.1, 0.15) is 66.7 Å². The topological polar surface area (TPSA) is 32.3 Å². The van der Waals surface area contributed by atoms with Crippen LogP contribution in [-0.4, -0.2) is 23.8 Å². The molecule has 0 aliphatic rings. The molecule has 0 aliphatic carbocycles. The van der Waals surface area contributed by atoms with Crippen molar-refractivity contribution in [3.05, 3.63) is 0 Å². The van der Waals surface area contributed by atoms with Crippen molar-refractivity contribution in [2.24, 2.45) is 5.41 Å². The van der Waals surface area contributed by atoms with Gasteiger partial charge in [-0.2, -0.15) is 0 Å². The predicted octanol–water partition coefficient (Wildman–Crippen LogP) is 3.34. The Morgan fingerprint density at radius 1 is 0.875 bits per heavy atom. The molecule has 0 fully saturated rings. The molecule has 0 unspecified atom stereocenters. The minimum absolute atomic E-state index is 0.231. The summed E-state index contributed by atoms with van der Waals surface area (Å²) in [6.45, 7) is 12.9. The highest BCUT2D eigenvalue weighted by molar-refractivity contribution is 4.82. The highest BCUT2D eigenvalue weighted by Gasteiger charge is 2.24. The van der Waals surface area contributed by atoms with Gasteiger partial charge in [-0.05, 0) is 45.1 Å². The molecule has 2 N–H and O–H groups in total. The van der Waals surface area contributed by atoms with Gasteiger partial charge in [0.05, 0.1) is 0 Å². The van der Waals surface area contributed by atoms with Crippen LogP contribution in [0.5, 0.6) is 0 Å². The second-order valence-corrected chi connectivity index (χ2v) is 6.69. The van der Waals surface area contributed by atoms with E-state index in [1.54, 1.807) is 0 Å². The molecule has 0 saturated heterocycles. The van der Waals surface area contributed by atoms with Gasteiger partial charge in [0.2, 0.25) is 0 Å². The molecule has 0 rings (SSSR count). The molecule has 0 aromatic heterocycles. The zero-order valence-electron chi connectivity index (χ0n) is 11.9. The first-order chi connectivity index (χ1) is 7.27. The maximum atomic E-state index is 8.66. The van der Waals surface area contributed by atoms with E-state index in [1.807, 2.05) is 0 Å². The van der Waals surface area contributed by atoms with Gasteiger partial charge in [0.15, 0.2) is 0 Å². The fourth-order valence-corrected chi connectivity index (χ4v) is 2.41. The van der Waals surface area contributed by atoms with E-state index in [0.717, 1.165) is 19.4 Å². The smallest absolute Gasteiger partial charge is 0.0431 e. The van der Waals surface area contributed by atoms with Crippen molar-refractivity contribution in [3.63, 3.8) is 0 Å². The summed E-state index contributed by atoms with van der Waals surface area (Å²) in [6, 6.07) is 0. The first-order valence-corrected chi connectivity index (χ1v) is 6.63. The van der Waals surface area contributed by atoms with Crippen molar-refractivity contribution in [1.29, 1.82) is 0 Å². The standard InChI is InChI=1S/C14H31NO/c1-13(2,3)12-14(4,5)15-10-8-6-7-9-11-16/h15-16H,6-12H2,1-5H3. The molecule has 2 heteroatoms. The lowest BCUT2D eigenvalue weighted by Crippen LogP contribution is -2.42. The Balaban J connectivity index is 3.58. The Hall–Kier alpha value is -0.0800. The molecule has 0 aliphatic heterocycles. The molecule has 0 aromatic rings. The van der Waals surface area contributed by atoms with Crippen LogP contribution < -0.4 is 5.32 Å². The van der Waals surface area contributed by atoms with Gasteiger partial charge in [-0.25, -0.2) is 0 Å². The molecule has 98 valence electrons. The van der Waals surface area contributed by atoms with Gasteiger partial charge in [-0.15, -0.1) is 0 Å². The molecule has 0 spiro atoms. The largest absolute Gasteiger partial charge is 0.396 e. The van der Waals surface area contributed by atoms with Crippen molar-refractivity contribution >= 4 is 0 Å². The molecule has 0 aromatic carbocycles. The summed E-state index contributed by atoms with van der Waals surface area (Å²) < 4.78 is 0. The van der Waals surface area contributed by atoms with E-state index in [4.69, 9.17) is 5.11 Å². The van der Waals surface area contributed by atoms with Crippen LogP contribution in [0.3, 0.4) is 0 Å². The van der Waals surface area contributed by atoms with E-state index in [0.29, 0.717) is 12.0 Å². The summed E-state index contributed by atoms with van der Waals surface area (Å²) in [5.41, 5.74) is 0.614. The van der Waals surface area contributed by atoms with Crippen LogP contribution in [0.15, 0.2) is 0 Å². The van der Waals surface area contributed by atoms with E-state index >= 15 is 0 Å². The summed E-state index contributed by atoms with van der Waals surface area (Å²) in [5.74, 6) is 0. The molecular weight excluding hydrogens is 198 g/mol. The minimum Gasteiger partial charge on any atom is -0.396 e. The second kappa shape index (κ2) is 7.29. The van der Waals surface area contributed by atoms with Crippen LogP contribution in [0, 0.1) is 5.41 Å². The maximum Gasteiger partial charge on any atom is 0.0431 e. The highest BCUT2D eigenvalue weighted by atomic mass is 16.2. The molecule has 2 nitrogen and oxygen atoms in total. The Morgan fingerprint density at radius 2 is 1.44 bits per heavy atom. The van der Waals surface area contributed by atoms with Gasteiger partial charge >= 0.3 is 0 Å². The lowest BCUT2D eigenvalue weighted by Gasteiger charge is -2.33. The summed E-state index contributed by atoms with van der Waals surface area (Å²) in [4.78, 5) is 0.